The first-order chi connectivity index (χ1) is 4.48. The maximum Gasteiger partial charge on any atom is 0.409 e. The van der Waals surface area contributed by atoms with Gasteiger partial charge >= 0.3 is 12.1 Å². The van der Waals surface area contributed by atoms with Crippen molar-refractivity contribution < 1.29 is 19.1 Å². The third-order valence-corrected chi connectivity index (χ3v) is 0.492. The molecule has 58 valence electrons. The van der Waals surface area contributed by atoms with Gasteiger partial charge in [-0.3, -0.25) is 4.79 Å². The van der Waals surface area contributed by atoms with Crippen molar-refractivity contribution in [1.82, 2.24) is 0 Å². The summed E-state index contributed by atoms with van der Waals surface area (Å²) in [4.78, 5) is 19.5. The van der Waals surface area contributed by atoms with Crippen molar-refractivity contribution in [3.8, 4) is 0 Å². The average molecular weight is 149 g/mol. The van der Waals surface area contributed by atoms with Crippen LogP contribution < -0.4 is 17.2 Å². The second-order valence-electron chi connectivity index (χ2n) is 1.36. The van der Waals surface area contributed by atoms with Crippen LogP contribution in [0, 0.1) is 0 Å². The number of amides is 1. The summed E-state index contributed by atoms with van der Waals surface area (Å²) in [5.74, 6) is 0. The van der Waals surface area contributed by atoms with Gasteiger partial charge < -0.3 is 15.2 Å². The second-order valence-corrected chi connectivity index (χ2v) is 1.36. The van der Waals surface area contributed by atoms with Gasteiger partial charge in [0.2, 0.25) is 0 Å². The quantitative estimate of drug-likeness (QED) is 0.308. The van der Waals surface area contributed by atoms with Crippen LogP contribution in [0.3, 0.4) is 0 Å². The zero-order valence-electron chi connectivity index (χ0n) is 4.94. The minimum atomic E-state index is -2.27. The van der Waals surface area contributed by atoms with Gasteiger partial charge in [-0.15, -0.1) is 0 Å². The first-order valence-corrected chi connectivity index (χ1v) is 2.15. The van der Waals surface area contributed by atoms with E-state index in [1.807, 2.05) is 0 Å². The predicted molar refractivity (Wildman–Crippen MR) is 28.9 cm³/mol. The molecular formula is C3H7N3O4. The number of hydrogen-bond acceptors (Lipinski definition) is 6. The molecule has 0 aliphatic rings. The molecule has 0 aliphatic carbocycles. The first-order valence-electron chi connectivity index (χ1n) is 2.15. The minimum absolute atomic E-state index is 0.0665. The normalized spacial score (nSPS) is 10.2. The van der Waals surface area contributed by atoms with E-state index in [1.165, 1.54) is 0 Å². The Morgan fingerprint density at radius 2 is 2.00 bits per heavy atom. The smallest absolute Gasteiger partial charge is 0.398 e. The molecule has 0 spiro atoms. The summed E-state index contributed by atoms with van der Waals surface area (Å²) in [6, 6.07) is -2.27. The van der Waals surface area contributed by atoms with E-state index in [0.717, 1.165) is 0 Å². The van der Waals surface area contributed by atoms with Crippen molar-refractivity contribution in [2.75, 3.05) is 0 Å². The number of hydrogen-bond donors (Lipinski definition) is 3. The molecule has 0 radical (unpaired) electrons. The van der Waals surface area contributed by atoms with Crippen LogP contribution >= 0.6 is 0 Å². The zero-order valence-corrected chi connectivity index (χ0v) is 4.94. The molecule has 0 rings (SSSR count). The van der Waals surface area contributed by atoms with E-state index in [9.17, 15) is 9.59 Å². The lowest BCUT2D eigenvalue weighted by Gasteiger charge is -2.19. The molecule has 0 atom stereocenters. The van der Waals surface area contributed by atoms with E-state index in [1.54, 1.807) is 0 Å². The standard InChI is InChI=1S/C3H7N3O4/c4-2(8)10-3(5,6)9-1-7/h1H,5-6H2,(H2,4,8). The molecule has 1 amide bonds. The average Bonchev–Trinajstić information content (AvgIpc) is 1.59. The van der Waals surface area contributed by atoms with E-state index in [0.29, 0.717) is 0 Å². The molecule has 7 nitrogen and oxygen atoms in total. The summed E-state index contributed by atoms with van der Waals surface area (Å²) in [7, 11) is 0. The summed E-state index contributed by atoms with van der Waals surface area (Å²) in [6.07, 6.45) is -1.23. The number of primary amides is 1. The number of carbonyl (C=O) groups excluding carboxylic acids is 2. The van der Waals surface area contributed by atoms with Crippen molar-refractivity contribution >= 4 is 12.6 Å². The van der Waals surface area contributed by atoms with Crippen LogP contribution in [-0.2, 0) is 14.3 Å². The van der Waals surface area contributed by atoms with Gasteiger partial charge in [0.05, 0.1) is 0 Å². The Morgan fingerprint density at radius 1 is 1.50 bits per heavy atom. The third-order valence-electron chi connectivity index (χ3n) is 0.492. The summed E-state index contributed by atoms with van der Waals surface area (Å²) in [6.45, 7) is -0.0665. The zero-order chi connectivity index (χ0) is 8.20. The Balaban J connectivity index is 3.85. The Hall–Kier alpha value is -1.34. The molecule has 0 saturated heterocycles. The van der Waals surface area contributed by atoms with Gasteiger partial charge in [0, 0.05) is 0 Å². The van der Waals surface area contributed by atoms with Crippen LogP contribution in [0.15, 0.2) is 0 Å². The van der Waals surface area contributed by atoms with Gasteiger partial charge in [-0.1, -0.05) is 0 Å². The molecule has 0 aromatic rings. The number of rotatable bonds is 3. The molecule has 0 aliphatic heterocycles. The molecular weight excluding hydrogens is 142 g/mol. The third kappa shape index (κ3) is 3.64. The highest BCUT2D eigenvalue weighted by Crippen LogP contribution is 1.92. The molecule has 7 heteroatoms. The predicted octanol–water partition coefficient (Wildman–Crippen LogP) is -2.22. The first kappa shape index (κ1) is 8.66. The lowest BCUT2D eigenvalue weighted by molar-refractivity contribution is -0.189. The fourth-order valence-electron chi connectivity index (χ4n) is 0.256. The van der Waals surface area contributed by atoms with Gasteiger partial charge in [0.1, 0.15) is 0 Å². The van der Waals surface area contributed by atoms with Crippen LogP contribution in [0.25, 0.3) is 0 Å². The molecule has 0 aromatic heterocycles. The lowest BCUT2D eigenvalue weighted by Crippen LogP contribution is -2.56. The van der Waals surface area contributed by atoms with Crippen molar-refractivity contribution in [2.45, 2.75) is 6.03 Å². The molecule has 6 N–H and O–H groups in total. The Morgan fingerprint density at radius 3 is 2.30 bits per heavy atom. The minimum Gasteiger partial charge on any atom is -0.398 e. The highest BCUT2D eigenvalue weighted by molar-refractivity contribution is 5.65. The van der Waals surface area contributed by atoms with Crippen molar-refractivity contribution in [3.05, 3.63) is 0 Å². The SMILES string of the molecule is NC(=O)OC(N)(N)OC=O. The van der Waals surface area contributed by atoms with Crippen molar-refractivity contribution in [3.63, 3.8) is 0 Å². The van der Waals surface area contributed by atoms with Crippen molar-refractivity contribution in [2.24, 2.45) is 17.2 Å². The fourth-order valence-corrected chi connectivity index (χ4v) is 0.256. The lowest BCUT2D eigenvalue weighted by atomic mass is 10.9. The maximum atomic E-state index is 9.93. The monoisotopic (exact) mass is 149 g/mol. The van der Waals surface area contributed by atoms with Gasteiger partial charge in [-0.25, -0.2) is 16.3 Å². The van der Waals surface area contributed by atoms with Gasteiger partial charge in [-0.2, -0.15) is 0 Å². The molecule has 0 aromatic carbocycles. The highest BCUT2D eigenvalue weighted by atomic mass is 16.8. The number of carbonyl (C=O) groups is 2. The molecule has 0 saturated carbocycles. The molecule has 0 unspecified atom stereocenters. The summed E-state index contributed by atoms with van der Waals surface area (Å²) >= 11 is 0. The van der Waals surface area contributed by atoms with E-state index in [-0.39, 0.29) is 6.47 Å². The number of nitrogens with two attached hydrogens (primary N) is 3. The van der Waals surface area contributed by atoms with E-state index >= 15 is 0 Å². The molecule has 10 heavy (non-hydrogen) atoms. The molecule has 0 fully saturated rings. The van der Waals surface area contributed by atoms with Crippen molar-refractivity contribution in [1.29, 1.82) is 0 Å². The van der Waals surface area contributed by atoms with E-state index in [4.69, 9.17) is 11.5 Å². The summed E-state index contributed by atoms with van der Waals surface area (Å²) < 4.78 is 7.81. The largest absolute Gasteiger partial charge is 0.409 e. The van der Waals surface area contributed by atoms with Gasteiger partial charge in [-0.05, 0) is 0 Å². The molecule has 0 bridgehead atoms. The Bertz CT molecular complexity index is 145. The van der Waals surface area contributed by atoms with E-state index in [2.05, 4.69) is 15.2 Å². The Kier molecular flexibility index (Phi) is 2.59. The topological polar surface area (TPSA) is 131 Å². The summed E-state index contributed by atoms with van der Waals surface area (Å²) in [5, 5.41) is 0. The van der Waals surface area contributed by atoms with Gasteiger partial charge in [0.25, 0.3) is 6.47 Å². The van der Waals surface area contributed by atoms with Crippen LogP contribution in [0.4, 0.5) is 4.79 Å². The molecule has 0 heterocycles. The van der Waals surface area contributed by atoms with E-state index < -0.39 is 12.1 Å². The summed E-state index contributed by atoms with van der Waals surface area (Å²) in [5.41, 5.74) is 14.2. The van der Waals surface area contributed by atoms with Crippen LogP contribution in [0.1, 0.15) is 0 Å². The maximum absolute atomic E-state index is 9.93. The number of ether oxygens (including phenoxy) is 2. The second kappa shape index (κ2) is 2.99. The van der Waals surface area contributed by atoms with Crippen LogP contribution in [0.2, 0.25) is 0 Å². The van der Waals surface area contributed by atoms with Crippen LogP contribution in [-0.4, -0.2) is 18.6 Å². The Labute approximate surface area is 56.0 Å². The van der Waals surface area contributed by atoms with Crippen LogP contribution in [0.5, 0.6) is 0 Å². The highest BCUT2D eigenvalue weighted by Gasteiger charge is 2.24. The van der Waals surface area contributed by atoms with Gasteiger partial charge in [0.15, 0.2) is 0 Å². The fraction of sp³-hybridized carbons (Fsp3) is 0.333.